The van der Waals surface area contributed by atoms with Crippen molar-refractivity contribution in [1.29, 1.82) is 0 Å². The van der Waals surface area contributed by atoms with E-state index in [1.807, 2.05) is 12.1 Å². The van der Waals surface area contributed by atoms with Crippen molar-refractivity contribution in [2.24, 2.45) is 0 Å². The van der Waals surface area contributed by atoms with E-state index in [9.17, 15) is 9.67 Å². The van der Waals surface area contributed by atoms with Crippen molar-refractivity contribution in [2.75, 3.05) is 0 Å². The van der Waals surface area contributed by atoms with E-state index >= 15 is 0 Å². The summed E-state index contributed by atoms with van der Waals surface area (Å²) in [6.07, 6.45) is 8.44. The molecular formula is C19H35O4P. The molecule has 0 fully saturated rings. The van der Waals surface area contributed by atoms with Gasteiger partial charge < -0.3 is 14.5 Å². The second kappa shape index (κ2) is 14.5. The molecular weight excluding hydrogens is 323 g/mol. The monoisotopic (exact) mass is 358 g/mol. The number of phenols is 1. The number of aromatic hydroxyl groups is 1. The maximum atomic E-state index is 10.7. The van der Waals surface area contributed by atoms with Crippen LogP contribution in [-0.2, 0) is 28.5 Å². The van der Waals surface area contributed by atoms with Gasteiger partial charge >= 0.3 is 8.25 Å². The van der Waals surface area contributed by atoms with Gasteiger partial charge in [-0.1, -0.05) is 53.4 Å². The average Bonchev–Trinajstić information content (AvgIpc) is 2.58. The van der Waals surface area contributed by atoms with E-state index in [4.69, 9.17) is 9.42 Å². The van der Waals surface area contributed by atoms with E-state index in [2.05, 4.69) is 27.7 Å². The van der Waals surface area contributed by atoms with Crippen LogP contribution in [0.4, 0.5) is 0 Å². The fourth-order valence-electron chi connectivity index (χ4n) is 2.18. The molecule has 0 spiro atoms. The van der Waals surface area contributed by atoms with Gasteiger partial charge in [-0.15, -0.1) is 0 Å². The summed E-state index contributed by atoms with van der Waals surface area (Å²) in [5, 5.41) is 10.3. The fraction of sp³-hybridized carbons (Fsp3) is 0.684. The van der Waals surface area contributed by atoms with Crippen LogP contribution >= 0.6 is 8.25 Å². The molecule has 0 heterocycles. The van der Waals surface area contributed by atoms with Gasteiger partial charge in [-0.05, 0) is 54.5 Å². The van der Waals surface area contributed by atoms with Crippen molar-refractivity contribution in [3.63, 3.8) is 0 Å². The lowest BCUT2D eigenvalue weighted by Crippen LogP contribution is -1.97. The van der Waals surface area contributed by atoms with Crippen LogP contribution in [0.3, 0.4) is 0 Å². The Morgan fingerprint density at radius 3 is 1.71 bits per heavy atom. The van der Waals surface area contributed by atoms with Gasteiger partial charge in [0, 0.05) is 0 Å². The second-order valence-corrected chi connectivity index (χ2v) is 6.84. The van der Waals surface area contributed by atoms with Crippen LogP contribution in [0.2, 0.25) is 0 Å². The summed E-state index contributed by atoms with van der Waals surface area (Å²) in [7, 11) is -2.91. The first-order valence-electron chi connectivity index (χ1n) is 9.19. The van der Waals surface area contributed by atoms with Crippen molar-refractivity contribution in [3.05, 3.63) is 28.8 Å². The SMILES string of the molecule is CCCC.CCCCc1cc(CO[PH](=O)O)cc(CCCC)c1O. The summed E-state index contributed by atoms with van der Waals surface area (Å²) in [5.41, 5.74) is 2.68. The molecule has 0 aliphatic heterocycles. The third kappa shape index (κ3) is 10.1. The maximum Gasteiger partial charge on any atom is 0.316 e. The van der Waals surface area contributed by atoms with E-state index in [0.29, 0.717) is 5.75 Å². The highest BCUT2D eigenvalue weighted by Gasteiger charge is 2.10. The number of hydrogen-bond donors (Lipinski definition) is 2. The van der Waals surface area contributed by atoms with Crippen LogP contribution in [-0.4, -0.2) is 10.00 Å². The number of benzene rings is 1. The van der Waals surface area contributed by atoms with E-state index in [0.717, 1.165) is 55.2 Å². The number of hydrogen-bond acceptors (Lipinski definition) is 3. The van der Waals surface area contributed by atoms with Crippen LogP contribution in [0.25, 0.3) is 0 Å². The van der Waals surface area contributed by atoms with Crippen LogP contribution in [0.15, 0.2) is 12.1 Å². The zero-order valence-electron chi connectivity index (χ0n) is 15.7. The highest BCUT2D eigenvalue weighted by atomic mass is 31.1. The molecule has 2 N–H and O–H groups in total. The number of aryl methyl sites for hydroxylation is 2. The predicted molar refractivity (Wildman–Crippen MR) is 102 cm³/mol. The lowest BCUT2D eigenvalue weighted by Gasteiger charge is -2.13. The second-order valence-electron chi connectivity index (χ2n) is 6.02. The van der Waals surface area contributed by atoms with Crippen LogP contribution in [0.5, 0.6) is 5.75 Å². The number of unbranched alkanes of at least 4 members (excludes halogenated alkanes) is 3. The largest absolute Gasteiger partial charge is 0.507 e. The first-order chi connectivity index (χ1) is 11.5. The van der Waals surface area contributed by atoms with Gasteiger partial charge in [-0.25, -0.2) is 0 Å². The zero-order valence-corrected chi connectivity index (χ0v) is 16.7. The summed E-state index contributed by atoms with van der Waals surface area (Å²) < 4.78 is 15.5. The molecule has 140 valence electrons. The summed E-state index contributed by atoms with van der Waals surface area (Å²) in [4.78, 5) is 8.76. The maximum absolute atomic E-state index is 10.7. The molecule has 5 heteroatoms. The standard InChI is InChI=1S/C15H25O4P.C4H10/c1-3-5-7-13-9-12(11-19-20(17)18)10-14(15(13)16)8-6-4-2;1-3-4-2/h9-10,16,20H,3-8,11H2,1-2H3,(H,17,18);3-4H2,1-2H3. The minimum Gasteiger partial charge on any atom is -0.507 e. The van der Waals surface area contributed by atoms with Gasteiger partial charge in [-0.3, -0.25) is 4.57 Å². The summed E-state index contributed by atoms with van der Waals surface area (Å²) in [6, 6.07) is 3.76. The Morgan fingerprint density at radius 2 is 1.38 bits per heavy atom. The van der Waals surface area contributed by atoms with Crippen molar-refractivity contribution in [2.45, 2.75) is 85.7 Å². The van der Waals surface area contributed by atoms with Gasteiger partial charge in [0.2, 0.25) is 0 Å². The molecule has 24 heavy (non-hydrogen) atoms. The molecule has 0 aliphatic rings. The Labute approximate surface area is 148 Å². The Kier molecular flexibility index (Phi) is 14.0. The molecule has 4 nitrogen and oxygen atoms in total. The van der Waals surface area contributed by atoms with E-state index in [-0.39, 0.29) is 6.61 Å². The van der Waals surface area contributed by atoms with Crippen LogP contribution in [0, 0.1) is 0 Å². The van der Waals surface area contributed by atoms with Gasteiger partial charge in [-0.2, -0.15) is 0 Å². The Bertz CT molecular complexity index is 443. The molecule has 1 aromatic rings. The smallest absolute Gasteiger partial charge is 0.316 e. The van der Waals surface area contributed by atoms with Gasteiger partial charge in [0.15, 0.2) is 0 Å². The van der Waals surface area contributed by atoms with Crippen molar-refractivity contribution < 1.29 is 19.1 Å². The molecule has 0 saturated carbocycles. The summed E-state index contributed by atoms with van der Waals surface area (Å²) in [5.74, 6) is 0.382. The summed E-state index contributed by atoms with van der Waals surface area (Å²) >= 11 is 0. The van der Waals surface area contributed by atoms with Gasteiger partial charge in [0.05, 0.1) is 6.61 Å². The number of phenolic OH excluding ortho intramolecular Hbond substituents is 1. The first kappa shape index (κ1) is 23.2. The lowest BCUT2D eigenvalue weighted by atomic mass is 9.97. The van der Waals surface area contributed by atoms with Crippen molar-refractivity contribution in [1.82, 2.24) is 0 Å². The number of rotatable bonds is 10. The third-order valence-corrected chi connectivity index (χ3v) is 4.18. The third-order valence-electron chi connectivity index (χ3n) is 3.79. The molecule has 0 amide bonds. The van der Waals surface area contributed by atoms with E-state index < -0.39 is 8.25 Å². The molecule has 0 aromatic heterocycles. The molecule has 1 aromatic carbocycles. The molecule has 1 atom stereocenters. The van der Waals surface area contributed by atoms with Crippen molar-refractivity contribution >= 4 is 8.25 Å². The Hall–Kier alpha value is -0.830. The molecule has 1 rings (SSSR count). The molecule has 0 bridgehead atoms. The van der Waals surface area contributed by atoms with E-state index in [1.54, 1.807) is 0 Å². The fourth-order valence-corrected chi connectivity index (χ4v) is 2.47. The minimum absolute atomic E-state index is 0.118. The Balaban J connectivity index is 0.00000118. The zero-order chi connectivity index (χ0) is 18.4. The molecule has 0 radical (unpaired) electrons. The average molecular weight is 358 g/mol. The highest BCUT2D eigenvalue weighted by Crippen LogP contribution is 2.29. The lowest BCUT2D eigenvalue weighted by molar-refractivity contribution is 0.272. The van der Waals surface area contributed by atoms with Gasteiger partial charge in [0.25, 0.3) is 0 Å². The predicted octanol–water partition coefficient (Wildman–Crippen LogP) is 5.78. The normalized spacial score (nSPS) is 11.7. The minimum atomic E-state index is -2.91. The Morgan fingerprint density at radius 1 is 0.917 bits per heavy atom. The molecule has 1 unspecified atom stereocenters. The van der Waals surface area contributed by atoms with Crippen LogP contribution < -0.4 is 0 Å². The quantitative estimate of drug-likeness (QED) is 0.520. The van der Waals surface area contributed by atoms with E-state index in [1.165, 1.54) is 12.8 Å². The highest BCUT2D eigenvalue weighted by molar-refractivity contribution is 7.32. The molecule has 0 aliphatic carbocycles. The van der Waals surface area contributed by atoms with Crippen LogP contribution in [0.1, 0.15) is 82.9 Å². The summed E-state index contributed by atoms with van der Waals surface area (Å²) in [6.45, 7) is 8.70. The van der Waals surface area contributed by atoms with Crippen molar-refractivity contribution in [3.8, 4) is 5.75 Å². The topological polar surface area (TPSA) is 66.8 Å². The first-order valence-corrected chi connectivity index (χ1v) is 10.5. The van der Waals surface area contributed by atoms with Gasteiger partial charge in [0.1, 0.15) is 5.75 Å². The molecule has 0 saturated heterocycles.